The standard InChI is InChI=1S/C18H24N4O2.ClH/c1-13-11-16(21-10-9-19-18(2,3)17(21)23)22(20-13)12-14-5-7-15(24-4)8-6-14;/h5-8,11,19H,9-10,12H2,1-4H3;1H. The van der Waals surface area contributed by atoms with Gasteiger partial charge in [-0.05, 0) is 38.5 Å². The maximum atomic E-state index is 12.8. The molecule has 1 amide bonds. The van der Waals surface area contributed by atoms with Gasteiger partial charge in [0, 0.05) is 19.2 Å². The van der Waals surface area contributed by atoms with Crippen LogP contribution < -0.4 is 15.0 Å². The number of halogens is 1. The van der Waals surface area contributed by atoms with E-state index in [2.05, 4.69) is 10.4 Å². The van der Waals surface area contributed by atoms with Gasteiger partial charge in [0.15, 0.2) is 0 Å². The van der Waals surface area contributed by atoms with Gasteiger partial charge in [-0.1, -0.05) is 12.1 Å². The fraction of sp³-hybridized carbons (Fsp3) is 0.444. The third-order valence-electron chi connectivity index (χ3n) is 4.33. The number of ether oxygens (including phenoxy) is 1. The Labute approximate surface area is 154 Å². The van der Waals surface area contributed by atoms with E-state index in [1.807, 2.05) is 60.7 Å². The Bertz CT molecular complexity index is 740. The fourth-order valence-electron chi connectivity index (χ4n) is 2.98. The number of hydrogen-bond donors (Lipinski definition) is 1. The first kappa shape index (κ1) is 19.3. The van der Waals surface area contributed by atoms with Crippen LogP contribution in [0, 0.1) is 6.92 Å². The highest BCUT2D eigenvalue weighted by molar-refractivity contribution is 5.99. The van der Waals surface area contributed by atoms with Crippen LogP contribution in [0.4, 0.5) is 5.82 Å². The zero-order valence-corrected chi connectivity index (χ0v) is 15.9. The molecule has 1 aromatic heterocycles. The molecule has 3 rings (SSSR count). The SMILES string of the molecule is COc1ccc(Cn2nc(C)cc2N2CCNC(C)(C)C2=O)cc1.Cl. The number of nitrogens with one attached hydrogen (secondary N) is 1. The second kappa shape index (κ2) is 7.45. The molecular formula is C18H25ClN4O2. The number of hydrogen-bond acceptors (Lipinski definition) is 4. The van der Waals surface area contributed by atoms with E-state index in [4.69, 9.17) is 4.74 Å². The minimum Gasteiger partial charge on any atom is -0.497 e. The number of nitrogens with zero attached hydrogens (tertiary/aromatic N) is 3. The summed E-state index contributed by atoms with van der Waals surface area (Å²) >= 11 is 0. The van der Waals surface area contributed by atoms with Crippen molar-refractivity contribution in [2.24, 2.45) is 0 Å². The maximum absolute atomic E-state index is 12.8. The fourth-order valence-corrected chi connectivity index (χ4v) is 2.98. The summed E-state index contributed by atoms with van der Waals surface area (Å²) in [6, 6.07) is 9.88. The number of amides is 1. The number of aromatic nitrogens is 2. The molecule has 7 heteroatoms. The summed E-state index contributed by atoms with van der Waals surface area (Å²) in [7, 11) is 1.65. The van der Waals surface area contributed by atoms with Crippen LogP contribution in [0.5, 0.6) is 5.75 Å². The zero-order chi connectivity index (χ0) is 17.3. The van der Waals surface area contributed by atoms with Crippen molar-refractivity contribution in [2.75, 3.05) is 25.1 Å². The molecule has 1 aromatic carbocycles. The van der Waals surface area contributed by atoms with E-state index in [1.165, 1.54) is 0 Å². The van der Waals surface area contributed by atoms with Crippen molar-refractivity contribution in [2.45, 2.75) is 32.9 Å². The summed E-state index contributed by atoms with van der Waals surface area (Å²) < 4.78 is 7.10. The zero-order valence-electron chi connectivity index (χ0n) is 15.1. The molecule has 0 aliphatic carbocycles. The van der Waals surface area contributed by atoms with Gasteiger partial charge in [0.1, 0.15) is 11.6 Å². The van der Waals surface area contributed by atoms with Crippen molar-refractivity contribution < 1.29 is 9.53 Å². The van der Waals surface area contributed by atoms with Gasteiger partial charge in [-0.15, -0.1) is 12.4 Å². The number of carbonyl (C=O) groups is 1. The quantitative estimate of drug-likeness (QED) is 0.905. The van der Waals surface area contributed by atoms with Crippen LogP contribution in [-0.4, -0.2) is 41.4 Å². The smallest absolute Gasteiger partial charge is 0.247 e. The molecule has 6 nitrogen and oxygen atoms in total. The Balaban J connectivity index is 0.00000225. The van der Waals surface area contributed by atoms with Gasteiger partial charge >= 0.3 is 0 Å². The van der Waals surface area contributed by atoms with Gasteiger partial charge in [0.25, 0.3) is 0 Å². The van der Waals surface area contributed by atoms with Crippen LogP contribution in [0.15, 0.2) is 30.3 Å². The summed E-state index contributed by atoms with van der Waals surface area (Å²) in [5, 5.41) is 7.84. The van der Waals surface area contributed by atoms with E-state index in [0.717, 1.165) is 29.4 Å². The lowest BCUT2D eigenvalue weighted by Crippen LogP contribution is -2.61. The van der Waals surface area contributed by atoms with Crippen molar-refractivity contribution in [3.05, 3.63) is 41.6 Å². The molecule has 136 valence electrons. The van der Waals surface area contributed by atoms with Crippen molar-refractivity contribution >= 4 is 24.1 Å². The number of carbonyl (C=O) groups excluding carboxylic acids is 1. The molecule has 25 heavy (non-hydrogen) atoms. The lowest BCUT2D eigenvalue weighted by atomic mass is 10.0. The lowest BCUT2D eigenvalue weighted by Gasteiger charge is -2.37. The van der Waals surface area contributed by atoms with Crippen LogP contribution in [0.3, 0.4) is 0 Å². The second-order valence-electron chi connectivity index (χ2n) is 6.66. The molecule has 0 atom stereocenters. The molecule has 0 radical (unpaired) electrons. The van der Waals surface area contributed by atoms with E-state index < -0.39 is 5.54 Å². The molecule has 1 aliphatic heterocycles. The number of aryl methyl sites for hydroxylation is 1. The van der Waals surface area contributed by atoms with Crippen LogP contribution in [-0.2, 0) is 11.3 Å². The molecule has 1 N–H and O–H groups in total. The summed E-state index contributed by atoms with van der Waals surface area (Å²) in [5.41, 5.74) is 1.46. The predicted molar refractivity (Wildman–Crippen MR) is 101 cm³/mol. The molecule has 1 aliphatic rings. The molecule has 2 aromatic rings. The third kappa shape index (κ3) is 3.96. The Morgan fingerprint density at radius 2 is 1.96 bits per heavy atom. The highest BCUT2D eigenvalue weighted by Gasteiger charge is 2.37. The van der Waals surface area contributed by atoms with E-state index in [1.54, 1.807) is 7.11 Å². The first-order chi connectivity index (χ1) is 11.4. The summed E-state index contributed by atoms with van der Waals surface area (Å²) in [4.78, 5) is 14.6. The number of benzene rings is 1. The number of methoxy groups -OCH3 is 1. The van der Waals surface area contributed by atoms with Crippen molar-refractivity contribution in [3.8, 4) is 5.75 Å². The Hall–Kier alpha value is -2.05. The average molecular weight is 365 g/mol. The van der Waals surface area contributed by atoms with E-state index in [0.29, 0.717) is 13.1 Å². The largest absolute Gasteiger partial charge is 0.497 e. The van der Waals surface area contributed by atoms with Gasteiger partial charge < -0.3 is 10.1 Å². The highest BCUT2D eigenvalue weighted by atomic mass is 35.5. The monoisotopic (exact) mass is 364 g/mol. The second-order valence-corrected chi connectivity index (χ2v) is 6.66. The molecule has 0 spiro atoms. The predicted octanol–water partition coefficient (Wildman–Crippen LogP) is 2.39. The maximum Gasteiger partial charge on any atom is 0.247 e. The molecular weight excluding hydrogens is 340 g/mol. The number of rotatable bonds is 4. The van der Waals surface area contributed by atoms with E-state index >= 15 is 0 Å². The third-order valence-corrected chi connectivity index (χ3v) is 4.33. The van der Waals surface area contributed by atoms with Crippen LogP contribution in [0.25, 0.3) is 0 Å². The van der Waals surface area contributed by atoms with Gasteiger partial charge in [-0.25, -0.2) is 4.68 Å². The Kier molecular flexibility index (Phi) is 5.75. The molecule has 1 saturated heterocycles. The van der Waals surface area contributed by atoms with Crippen LogP contribution >= 0.6 is 12.4 Å². The minimum atomic E-state index is -0.554. The number of anilines is 1. The van der Waals surface area contributed by atoms with Gasteiger partial charge in [0.05, 0.1) is 24.9 Å². The molecule has 0 saturated carbocycles. The summed E-state index contributed by atoms with van der Waals surface area (Å²) in [6.07, 6.45) is 0. The van der Waals surface area contributed by atoms with Crippen molar-refractivity contribution in [1.29, 1.82) is 0 Å². The van der Waals surface area contributed by atoms with Gasteiger partial charge in [0.2, 0.25) is 5.91 Å². The van der Waals surface area contributed by atoms with Gasteiger partial charge in [-0.2, -0.15) is 5.10 Å². The Morgan fingerprint density at radius 3 is 2.60 bits per heavy atom. The van der Waals surface area contributed by atoms with Crippen molar-refractivity contribution in [3.63, 3.8) is 0 Å². The summed E-state index contributed by atoms with van der Waals surface area (Å²) in [6.45, 7) is 7.81. The molecule has 1 fully saturated rings. The normalized spacial score (nSPS) is 16.5. The number of piperazine rings is 1. The van der Waals surface area contributed by atoms with E-state index in [-0.39, 0.29) is 18.3 Å². The van der Waals surface area contributed by atoms with Gasteiger partial charge in [-0.3, -0.25) is 9.69 Å². The minimum absolute atomic E-state index is 0. The summed E-state index contributed by atoms with van der Waals surface area (Å²) in [5.74, 6) is 1.75. The molecule has 0 unspecified atom stereocenters. The highest BCUT2D eigenvalue weighted by Crippen LogP contribution is 2.23. The van der Waals surface area contributed by atoms with Crippen LogP contribution in [0.2, 0.25) is 0 Å². The molecule has 0 bridgehead atoms. The first-order valence-corrected chi connectivity index (χ1v) is 8.15. The molecule has 2 heterocycles. The lowest BCUT2D eigenvalue weighted by molar-refractivity contribution is -0.125. The first-order valence-electron chi connectivity index (χ1n) is 8.15. The van der Waals surface area contributed by atoms with E-state index in [9.17, 15) is 4.79 Å². The Morgan fingerprint density at radius 1 is 1.28 bits per heavy atom. The topological polar surface area (TPSA) is 59.4 Å². The van der Waals surface area contributed by atoms with Crippen molar-refractivity contribution in [1.82, 2.24) is 15.1 Å². The average Bonchev–Trinajstić information content (AvgIpc) is 2.91. The van der Waals surface area contributed by atoms with Crippen LogP contribution in [0.1, 0.15) is 25.1 Å².